The zero-order valence-electron chi connectivity index (χ0n) is 7.13. The van der Waals surface area contributed by atoms with Crippen LogP contribution in [0, 0.1) is 0 Å². The molecule has 1 atom stereocenters. The second-order valence-corrected chi connectivity index (χ2v) is 3.26. The van der Waals surface area contributed by atoms with E-state index in [1.165, 1.54) is 0 Å². The smallest absolute Gasteiger partial charge is 0.0449 e. The highest BCUT2D eigenvalue weighted by Gasteiger charge is 2.04. The topological polar surface area (TPSA) is 12.9 Å². The van der Waals surface area contributed by atoms with Crippen LogP contribution in [-0.4, -0.2) is 4.98 Å². The monoisotopic (exact) mass is 181 g/mol. The summed E-state index contributed by atoms with van der Waals surface area (Å²) in [4.78, 5) is 4.23. The van der Waals surface area contributed by atoms with Crippen LogP contribution < -0.4 is 0 Å². The van der Waals surface area contributed by atoms with Gasteiger partial charge in [0.05, 0.1) is 0 Å². The van der Waals surface area contributed by atoms with Gasteiger partial charge in [0.15, 0.2) is 0 Å². The van der Waals surface area contributed by atoms with Crippen molar-refractivity contribution in [2.75, 3.05) is 0 Å². The fourth-order valence-corrected chi connectivity index (χ4v) is 1.23. The second-order valence-electron chi connectivity index (χ2n) is 2.82. The number of allylic oxidation sites excluding steroid dienone is 1. The van der Waals surface area contributed by atoms with E-state index in [1.54, 1.807) is 12.3 Å². The Morgan fingerprint density at radius 1 is 1.75 bits per heavy atom. The van der Waals surface area contributed by atoms with E-state index in [1.807, 2.05) is 12.1 Å². The van der Waals surface area contributed by atoms with E-state index in [4.69, 9.17) is 11.6 Å². The van der Waals surface area contributed by atoms with Gasteiger partial charge in [-0.05, 0) is 18.6 Å². The number of hydrogen-bond acceptors (Lipinski definition) is 1. The van der Waals surface area contributed by atoms with Crippen LogP contribution in [0.5, 0.6) is 0 Å². The maximum Gasteiger partial charge on any atom is 0.0449 e. The van der Waals surface area contributed by atoms with Gasteiger partial charge < -0.3 is 0 Å². The van der Waals surface area contributed by atoms with Gasteiger partial charge in [-0.3, -0.25) is 4.98 Å². The van der Waals surface area contributed by atoms with Gasteiger partial charge in [-0.25, -0.2) is 0 Å². The van der Waals surface area contributed by atoms with Gasteiger partial charge in [0.1, 0.15) is 0 Å². The van der Waals surface area contributed by atoms with Crippen molar-refractivity contribution in [3.8, 4) is 0 Å². The summed E-state index contributed by atoms with van der Waals surface area (Å²) in [5.41, 5.74) is 1.03. The molecule has 0 aliphatic rings. The van der Waals surface area contributed by atoms with Crippen LogP contribution in [0.1, 0.15) is 25.0 Å². The van der Waals surface area contributed by atoms with E-state index in [0.29, 0.717) is 5.92 Å². The first kappa shape index (κ1) is 9.27. The summed E-state index contributed by atoms with van der Waals surface area (Å²) < 4.78 is 0. The average molecular weight is 182 g/mol. The zero-order chi connectivity index (χ0) is 8.97. The van der Waals surface area contributed by atoms with Crippen molar-refractivity contribution >= 4 is 11.6 Å². The molecule has 0 N–H and O–H groups in total. The molecule has 1 heterocycles. The van der Waals surface area contributed by atoms with E-state index in [2.05, 4.69) is 18.5 Å². The van der Waals surface area contributed by atoms with Gasteiger partial charge >= 0.3 is 0 Å². The maximum absolute atomic E-state index is 5.82. The summed E-state index contributed by atoms with van der Waals surface area (Å²) in [6.07, 6.45) is 4.57. The lowest BCUT2D eigenvalue weighted by molar-refractivity contribution is 0.750. The summed E-state index contributed by atoms with van der Waals surface area (Å²) in [5, 5.41) is 0.746. The quantitative estimate of drug-likeness (QED) is 0.652. The predicted octanol–water partition coefficient (Wildman–Crippen LogP) is 3.41. The molecule has 0 aromatic carbocycles. The Labute approximate surface area is 78.1 Å². The normalized spacial score (nSPS) is 12.5. The first-order chi connectivity index (χ1) is 5.74. The van der Waals surface area contributed by atoms with Gasteiger partial charge in [0.25, 0.3) is 0 Å². The minimum atomic E-state index is 0.404. The molecular weight excluding hydrogens is 170 g/mol. The maximum atomic E-state index is 5.82. The van der Waals surface area contributed by atoms with E-state index < -0.39 is 0 Å². The standard InChI is InChI=1S/C10H12ClN/c1-3-4-8(2)10-7-9(11)5-6-12-10/h3,5-8H,1,4H2,2H3/t8-/m0/s1. The Bertz CT molecular complexity index is 270. The molecule has 0 amide bonds. The molecule has 0 saturated carbocycles. The number of nitrogens with zero attached hydrogens (tertiary/aromatic N) is 1. The Balaban J connectivity index is 2.80. The lowest BCUT2D eigenvalue weighted by atomic mass is 10.0. The fraction of sp³-hybridized carbons (Fsp3) is 0.300. The van der Waals surface area contributed by atoms with Gasteiger partial charge in [-0.2, -0.15) is 0 Å². The van der Waals surface area contributed by atoms with Crippen LogP contribution in [0.25, 0.3) is 0 Å². The number of rotatable bonds is 3. The van der Waals surface area contributed by atoms with Crippen molar-refractivity contribution in [2.24, 2.45) is 0 Å². The van der Waals surface area contributed by atoms with Crippen molar-refractivity contribution in [1.29, 1.82) is 0 Å². The molecule has 1 aromatic heterocycles. The van der Waals surface area contributed by atoms with Crippen LogP contribution in [0.15, 0.2) is 31.0 Å². The minimum Gasteiger partial charge on any atom is -0.261 e. The van der Waals surface area contributed by atoms with Crippen LogP contribution in [-0.2, 0) is 0 Å². The first-order valence-electron chi connectivity index (χ1n) is 3.96. The fourth-order valence-electron chi connectivity index (χ4n) is 1.06. The summed E-state index contributed by atoms with van der Waals surface area (Å²) in [5.74, 6) is 0.404. The lowest BCUT2D eigenvalue weighted by Gasteiger charge is -2.07. The van der Waals surface area contributed by atoms with Gasteiger partial charge in [0.2, 0.25) is 0 Å². The number of hydrogen-bond donors (Lipinski definition) is 0. The third-order valence-electron chi connectivity index (χ3n) is 1.77. The molecule has 1 aromatic rings. The summed E-state index contributed by atoms with van der Waals surface area (Å²) in [6.45, 7) is 5.80. The van der Waals surface area contributed by atoms with E-state index in [9.17, 15) is 0 Å². The van der Waals surface area contributed by atoms with Gasteiger partial charge in [-0.1, -0.05) is 24.6 Å². The average Bonchev–Trinajstić information content (AvgIpc) is 2.05. The molecule has 0 aliphatic heterocycles. The molecule has 0 bridgehead atoms. The molecule has 0 unspecified atom stereocenters. The molecule has 0 spiro atoms. The third kappa shape index (κ3) is 2.35. The summed E-state index contributed by atoms with van der Waals surface area (Å²) in [7, 11) is 0. The Kier molecular flexibility index (Phi) is 3.30. The second kappa shape index (κ2) is 4.27. The molecule has 0 fully saturated rings. The molecule has 1 rings (SSSR count). The van der Waals surface area contributed by atoms with Crippen molar-refractivity contribution in [3.63, 3.8) is 0 Å². The predicted molar refractivity (Wildman–Crippen MR) is 52.5 cm³/mol. The van der Waals surface area contributed by atoms with Crippen LogP contribution in [0.2, 0.25) is 5.02 Å². The van der Waals surface area contributed by atoms with E-state index in [0.717, 1.165) is 17.1 Å². The van der Waals surface area contributed by atoms with Crippen molar-refractivity contribution < 1.29 is 0 Å². The zero-order valence-corrected chi connectivity index (χ0v) is 7.88. The highest BCUT2D eigenvalue weighted by molar-refractivity contribution is 6.30. The number of aromatic nitrogens is 1. The Morgan fingerprint density at radius 3 is 3.08 bits per heavy atom. The highest BCUT2D eigenvalue weighted by Crippen LogP contribution is 2.19. The van der Waals surface area contributed by atoms with E-state index >= 15 is 0 Å². The molecule has 2 heteroatoms. The number of pyridine rings is 1. The largest absolute Gasteiger partial charge is 0.261 e. The molecule has 1 nitrogen and oxygen atoms in total. The molecular formula is C10H12ClN. The van der Waals surface area contributed by atoms with Gasteiger partial charge in [-0.15, -0.1) is 6.58 Å². The van der Waals surface area contributed by atoms with Crippen molar-refractivity contribution in [1.82, 2.24) is 4.98 Å². The summed E-state index contributed by atoms with van der Waals surface area (Å²) in [6, 6.07) is 3.68. The first-order valence-corrected chi connectivity index (χ1v) is 4.34. The molecule has 64 valence electrons. The number of halogens is 1. The SMILES string of the molecule is C=CC[C@H](C)c1cc(Cl)ccn1. The van der Waals surface area contributed by atoms with Crippen LogP contribution >= 0.6 is 11.6 Å². The Hall–Kier alpha value is -0.820. The van der Waals surface area contributed by atoms with Crippen LogP contribution in [0.4, 0.5) is 0 Å². The minimum absolute atomic E-state index is 0.404. The highest BCUT2D eigenvalue weighted by atomic mass is 35.5. The molecule has 12 heavy (non-hydrogen) atoms. The molecule has 0 radical (unpaired) electrons. The van der Waals surface area contributed by atoms with Crippen molar-refractivity contribution in [2.45, 2.75) is 19.3 Å². The lowest BCUT2D eigenvalue weighted by Crippen LogP contribution is -1.94. The van der Waals surface area contributed by atoms with Crippen molar-refractivity contribution in [3.05, 3.63) is 41.7 Å². The molecule has 0 aliphatic carbocycles. The van der Waals surface area contributed by atoms with E-state index in [-0.39, 0.29) is 0 Å². The Morgan fingerprint density at radius 2 is 2.50 bits per heavy atom. The van der Waals surface area contributed by atoms with Gasteiger partial charge in [0, 0.05) is 22.8 Å². The molecule has 0 saturated heterocycles. The third-order valence-corrected chi connectivity index (χ3v) is 2.00. The van der Waals surface area contributed by atoms with Crippen LogP contribution in [0.3, 0.4) is 0 Å². The summed E-state index contributed by atoms with van der Waals surface area (Å²) >= 11 is 5.82.